The summed E-state index contributed by atoms with van der Waals surface area (Å²) in [4.78, 5) is 0. The van der Waals surface area contributed by atoms with Gasteiger partial charge in [-0.2, -0.15) is 43.9 Å². The van der Waals surface area contributed by atoms with E-state index in [-0.39, 0.29) is 6.07 Å². The molecule has 0 aliphatic rings. The predicted molar refractivity (Wildman–Crippen MR) is 55.4 cm³/mol. The number of benzene rings is 1. The van der Waals surface area contributed by atoms with Gasteiger partial charge >= 0.3 is 24.2 Å². The van der Waals surface area contributed by atoms with Crippen molar-refractivity contribution in [2.45, 2.75) is 30.6 Å². The van der Waals surface area contributed by atoms with Crippen LogP contribution in [-0.2, 0) is 18.3 Å². The molecule has 10 heteroatoms. The molecule has 0 atom stereocenters. The van der Waals surface area contributed by atoms with E-state index in [0.29, 0.717) is 6.07 Å². The van der Waals surface area contributed by atoms with Crippen molar-refractivity contribution in [3.63, 3.8) is 0 Å². The zero-order valence-electron chi connectivity index (χ0n) is 10.4. The highest BCUT2D eigenvalue weighted by Gasteiger charge is 2.62. The van der Waals surface area contributed by atoms with Crippen LogP contribution in [0.2, 0.25) is 0 Å². The van der Waals surface area contributed by atoms with Crippen LogP contribution >= 0.6 is 0 Å². The van der Waals surface area contributed by atoms with Crippen LogP contribution in [0.3, 0.4) is 0 Å². The lowest BCUT2D eigenvalue weighted by Gasteiger charge is -2.25. The molecule has 1 rings (SSSR count). The van der Waals surface area contributed by atoms with Gasteiger partial charge in [0.1, 0.15) is 0 Å². The van der Waals surface area contributed by atoms with Gasteiger partial charge in [0.15, 0.2) is 0 Å². The van der Waals surface area contributed by atoms with Crippen molar-refractivity contribution < 1.29 is 43.9 Å². The maximum Gasteiger partial charge on any atom is 0.458 e. The molecule has 125 valence electrons. The van der Waals surface area contributed by atoms with Crippen LogP contribution < -0.4 is 0 Å². The van der Waals surface area contributed by atoms with Gasteiger partial charge in [0.2, 0.25) is 0 Å². The molecule has 0 aromatic heterocycles. The smallest absolute Gasteiger partial charge is 0.191 e. The number of alkyl halides is 10. The Morgan fingerprint density at radius 2 is 1.18 bits per heavy atom. The molecule has 1 aromatic carbocycles. The molecule has 1 aromatic rings. The first kappa shape index (κ1) is 18.6. The second-order valence-electron chi connectivity index (χ2n) is 4.27. The summed E-state index contributed by atoms with van der Waals surface area (Å²) in [6.45, 7) is 3.04. The van der Waals surface area contributed by atoms with Gasteiger partial charge in [-0.25, -0.2) is 0 Å². The molecule has 0 heterocycles. The fraction of sp³-hybridized carbons (Fsp3) is 0.417. The second-order valence-corrected chi connectivity index (χ2v) is 4.27. The van der Waals surface area contributed by atoms with E-state index in [4.69, 9.17) is 0 Å². The van der Waals surface area contributed by atoms with Gasteiger partial charge in [-0.3, -0.25) is 0 Å². The highest BCUT2D eigenvalue weighted by atomic mass is 19.4. The van der Waals surface area contributed by atoms with Crippen molar-refractivity contribution in [1.82, 2.24) is 0 Å². The van der Waals surface area contributed by atoms with Gasteiger partial charge in [-0.1, -0.05) is 12.1 Å². The largest absolute Gasteiger partial charge is 0.458 e. The van der Waals surface area contributed by atoms with Crippen LogP contribution in [0.15, 0.2) is 18.2 Å². The zero-order chi connectivity index (χ0) is 17.6. The zero-order valence-corrected chi connectivity index (χ0v) is 10.4. The lowest BCUT2D eigenvalue weighted by molar-refractivity contribution is -0.292. The monoisotopic (exact) mass is 341 g/mol. The Bertz CT molecular complexity index is 538. The molecule has 0 unspecified atom stereocenters. The van der Waals surface area contributed by atoms with Gasteiger partial charge in [-0.05, 0) is 25.0 Å². The summed E-state index contributed by atoms with van der Waals surface area (Å²) in [6.07, 6.45) is -12.9. The van der Waals surface area contributed by atoms with Crippen molar-refractivity contribution in [2.75, 3.05) is 0 Å². The number of rotatable bonds is 3. The predicted octanol–water partition coefficient (Wildman–Crippen LogP) is 5.37. The van der Waals surface area contributed by atoms with Gasteiger partial charge in [-0.15, -0.1) is 0 Å². The van der Waals surface area contributed by atoms with E-state index >= 15 is 0 Å². The lowest BCUT2D eigenvalue weighted by Crippen LogP contribution is -2.37. The third-order valence-corrected chi connectivity index (χ3v) is 2.79. The Morgan fingerprint density at radius 1 is 0.727 bits per heavy atom. The second kappa shape index (κ2) is 5.31. The first-order valence-corrected chi connectivity index (χ1v) is 5.48. The van der Waals surface area contributed by atoms with E-state index in [1.807, 2.05) is 0 Å². The molecule has 0 N–H and O–H groups in total. The van der Waals surface area contributed by atoms with E-state index in [9.17, 15) is 43.9 Å². The fourth-order valence-electron chi connectivity index (χ4n) is 1.60. The van der Waals surface area contributed by atoms with Gasteiger partial charge < -0.3 is 0 Å². The van der Waals surface area contributed by atoms with Crippen LogP contribution in [0.4, 0.5) is 43.9 Å². The Kier molecular flexibility index (Phi) is 4.48. The molecular formula is C12H7F10. The van der Waals surface area contributed by atoms with E-state index < -0.39 is 53.4 Å². The number of hydrogen-bond acceptors (Lipinski definition) is 0. The van der Waals surface area contributed by atoms with Crippen LogP contribution in [0, 0.1) is 6.92 Å². The van der Waals surface area contributed by atoms with E-state index in [2.05, 4.69) is 6.92 Å². The molecular weight excluding hydrogens is 334 g/mol. The maximum atomic E-state index is 13.3. The Hall–Kier alpha value is -1.48. The summed E-state index contributed by atoms with van der Waals surface area (Å²) in [5.41, 5.74) is -4.77. The van der Waals surface area contributed by atoms with E-state index in [0.717, 1.165) is 0 Å². The third-order valence-electron chi connectivity index (χ3n) is 2.79. The maximum absolute atomic E-state index is 13.3. The van der Waals surface area contributed by atoms with Gasteiger partial charge in [0, 0.05) is 11.1 Å². The molecule has 0 bridgehead atoms. The van der Waals surface area contributed by atoms with Crippen molar-refractivity contribution >= 4 is 0 Å². The molecule has 0 aliphatic carbocycles. The standard InChI is InChI=1S/C12H7F10/c1-2-6-3-4-7(9(13,14)11(17,18)19)5-8(6)10(15,16)12(20,21)22/h3-5H,1-2H2. The van der Waals surface area contributed by atoms with Crippen molar-refractivity contribution in [1.29, 1.82) is 0 Å². The summed E-state index contributed by atoms with van der Waals surface area (Å²) in [6, 6.07) is 0.00240. The molecule has 0 saturated carbocycles. The quantitative estimate of drug-likeness (QED) is 0.648. The molecule has 0 aliphatic heterocycles. The van der Waals surface area contributed by atoms with Crippen LogP contribution in [0.1, 0.15) is 16.7 Å². The van der Waals surface area contributed by atoms with Crippen LogP contribution in [0.25, 0.3) is 0 Å². The van der Waals surface area contributed by atoms with Crippen molar-refractivity contribution in [3.05, 3.63) is 41.8 Å². The number of hydrogen-bond donors (Lipinski definition) is 0. The van der Waals surface area contributed by atoms with Gasteiger partial charge in [0.25, 0.3) is 0 Å². The van der Waals surface area contributed by atoms with Crippen LogP contribution in [0.5, 0.6) is 0 Å². The Labute approximate surface area is 117 Å². The minimum Gasteiger partial charge on any atom is -0.191 e. The Balaban J connectivity index is 3.57. The van der Waals surface area contributed by atoms with Gasteiger partial charge in [0.05, 0.1) is 0 Å². The third kappa shape index (κ3) is 3.00. The molecule has 0 amide bonds. The lowest BCUT2D eigenvalue weighted by atomic mass is 9.94. The van der Waals surface area contributed by atoms with Crippen molar-refractivity contribution in [3.8, 4) is 0 Å². The summed E-state index contributed by atoms with van der Waals surface area (Å²) >= 11 is 0. The van der Waals surface area contributed by atoms with Crippen LogP contribution in [-0.4, -0.2) is 12.4 Å². The molecule has 0 spiro atoms. The molecule has 22 heavy (non-hydrogen) atoms. The fourth-order valence-corrected chi connectivity index (χ4v) is 1.60. The normalized spacial score (nSPS) is 14.3. The average Bonchev–Trinajstić information content (AvgIpc) is 2.35. The van der Waals surface area contributed by atoms with E-state index in [1.165, 1.54) is 0 Å². The Morgan fingerprint density at radius 3 is 1.55 bits per heavy atom. The summed E-state index contributed by atoms with van der Waals surface area (Å²) in [7, 11) is 0. The SMILES string of the molecule is [CH2]Cc1ccc(C(F)(F)C(F)(F)F)cc1C(F)(F)C(F)(F)F. The van der Waals surface area contributed by atoms with E-state index in [1.54, 1.807) is 0 Å². The highest BCUT2D eigenvalue weighted by molar-refractivity contribution is 5.38. The average molecular weight is 341 g/mol. The molecule has 0 fully saturated rings. The molecule has 0 saturated heterocycles. The first-order chi connectivity index (χ1) is 9.66. The topological polar surface area (TPSA) is 0 Å². The number of halogens is 10. The molecule has 1 radical (unpaired) electrons. The highest BCUT2D eigenvalue weighted by Crippen LogP contribution is 2.49. The summed E-state index contributed by atoms with van der Waals surface area (Å²) < 4.78 is 126. The summed E-state index contributed by atoms with van der Waals surface area (Å²) in [5.74, 6) is -11.2. The first-order valence-electron chi connectivity index (χ1n) is 5.48. The summed E-state index contributed by atoms with van der Waals surface area (Å²) in [5, 5.41) is 0. The minimum atomic E-state index is -6.15. The minimum absolute atomic E-state index is 0.143. The molecule has 0 nitrogen and oxygen atoms in total. The van der Waals surface area contributed by atoms with Crippen molar-refractivity contribution in [2.24, 2.45) is 0 Å².